The van der Waals surface area contributed by atoms with Gasteiger partial charge in [0, 0.05) is 6.07 Å². The lowest BCUT2D eigenvalue weighted by Gasteiger charge is -2.23. The second-order valence-corrected chi connectivity index (χ2v) is 5.10. The van der Waals surface area contributed by atoms with Crippen LogP contribution in [-0.4, -0.2) is 17.1 Å². The van der Waals surface area contributed by atoms with E-state index in [1.54, 1.807) is 18.2 Å². The van der Waals surface area contributed by atoms with Gasteiger partial charge < -0.3 is 10.5 Å². The van der Waals surface area contributed by atoms with Gasteiger partial charge in [0.1, 0.15) is 5.54 Å². The van der Waals surface area contributed by atoms with E-state index in [4.69, 9.17) is 15.7 Å². The molecule has 0 bridgehead atoms. The highest BCUT2D eigenvalue weighted by molar-refractivity contribution is 5.45. The number of nitro groups is 1. The molecule has 1 fully saturated rings. The van der Waals surface area contributed by atoms with Gasteiger partial charge in [0.2, 0.25) is 0 Å². The lowest BCUT2D eigenvalue weighted by Crippen LogP contribution is -2.42. The van der Waals surface area contributed by atoms with E-state index < -0.39 is 10.5 Å². The van der Waals surface area contributed by atoms with E-state index in [2.05, 4.69) is 6.07 Å². The number of nitrogens with zero attached hydrogens (tertiary/aromatic N) is 2. The first-order valence-corrected chi connectivity index (χ1v) is 6.63. The van der Waals surface area contributed by atoms with Crippen LogP contribution >= 0.6 is 0 Å². The van der Waals surface area contributed by atoms with E-state index in [1.165, 1.54) is 6.07 Å². The quantitative estimate of drug-likeness (QED) is 0.656. The third kappa shape index (κ3) is 2.89. The molecule has 0 amide bonds. The van der Waals surface area contributed by atoms with Gasteiger partial charge in [-0.05, 0) is 31.2 Å². The van der Waals surface area contributed by atoms with Gasteiger partial charge in [-0.2, -0.15) is 5.26 Å². The number of nitrogens with two attached hydrogens (primary N) is 1. The Kier molecular flexibility index (Phi) is 4.20. The third-order valence-corrected chi connectivity index (χ3v) is 3.87. The Hall–Kier alpha value is -2.13. The highest BCUT2D eigenvalue weighted by atomic mass is 16.6. The van der Waals surface area contributed by atoms with Crippen molar-refractivity contribution in [1.29, 1.82) is 5.26 Å². The van der Waals surface area contributed by atoms with Crippen LogP contribution in [0.4, 0.5) is 5.69 Å². The number of nitriles is 1. The van der Waals surface area contributed by atoms with Gasteiger partial charge in [-0.3, -0.25) is 10.1 Å². The molecule has 0 saturated heterocycles. The average molecular weight is 275 g/mol. The first-order valence-electron chi connectivity index (χ1n) is 6.63. The molecule has 0 spiro atoms. The fourth-order valence-electron chi connectivity index (χ4n) is 2.69. The molecule has 0 radical (unpaired) electrons. The van der Waals surface area contributed by atoms with Crippen molar-refractivity contribution < 1.29 is 9.66 Å². The highest BCUT2D eigenvalue weighted by Gasteiger charge is 2.39. The van der Waals surface area contributed by atoms with Gasteiger partial charge in [-0.1, -0.05) is 18.6 Å². The molecular formula is C14H17N3O3. The Morgan fingerprint density at radius 2 is 2.30 bits per heavy atom. The molecule has 1 aliphatic rings. The Morgan fingerprint density at radius 3 is 3.00 bits per heavy atom. The molecule has 2 atom stereocenters. The molecule has 6 nitrogen and oxygen atoms in total. The van der Waals surface area contributed by atoms with Gasteiger partial charge in [-0.25, -0.2) is 0 Å². The SMILES string of the molecule is N#CC1(N)CCCC1CCOc1ccccc1[N+](=O)[O-]. The number of nitro benzene ring substituents is 1. The van der Waals surface area contributed by atoms with Crippen LogP contribution < -0.4 is 10.5 Å². The Bertz CT molecular complexity index is 541. The smallest absolute Gasteiger partial charge is 0.310 e. The van der Waals surface area contributed by atoms with Crippen LogP contribution in [0.1, 0.15) is 25.7 Å². The van der Waals surface area contributed by atoms with Crippen molar-refractivity contribution >= 4 is 5.69 Å². The van der Waals surface area contributed by atoms with Crippen LogP contribution in [0, 0.1) is 27.4 Å². The summed E-state index contributed by atoms with van der Waals surface area (Å²) in [5.41, 5.74) is 5.22. The number of benzene rings is 1. The first-order chi connectivity index (χ1) is 9.57. The molecule has 2 unspecified atom stereocenters. The molecule has 2 rings (SSSR count). The summed E-state index contributed by atoms with van der Waals surface area (Å²) in [6, 6.07) is 8.46. The first kappa shape index (κ1) is 14.3. The lowest BCUT2D eigenvalue weighted by molar-refractivity contribution is -0.385. The minimum absolute atomic E-state index is 0.0433. The average Bonchev–Trinajstić information content (AvgIpc) is 2.81. The summed E-state index contributed by atoms with van der Waals surface area (Å²) in [6.45, 7) is 0.330. The number of ether oxygens (including phenoxy) is 1. The molecule has 0 aliphatic heterocycles. The Balaban J connectivity index is 1.94. The maximum atomic E-state index is 10.9. The van der Waals surface area contributed by atoms with E-state index in [-0.39, 0.29) is 17.4 Å². The summed E-state index contributed by atoms with van der Waals surface area (Å²) in [5, 5.41) is 20.0. The van der Waals surface area contributed by atoms with Gasteiger partial charge in [0.15, 0.2) is 5.75 Å². The molecule has 1 aromatic carbocycles. The maximum Gasteiger partial charge on any atom is 0.310 e. The summed E-state index contributed by atoms with van der Waals surface area (Å²) < 4.78 is 5.49. The normalized spacial score (nSPS) is 25.1. The highest BCUT2D eigenvalue weighted by Crippen LogP contribution is 2.36. The van der Waals surface area contributed by atoms with Gasteiger partial charge in [0.05, 0.1) is 17.6 Å². The molecule has 1 saturated carbocycles. The minimum atomic E-state index is -0.772. The summed E-state index contributed by atoms with van der Waals surface area (Å²) in [5.74, 6) is 0.352. The van der Waals surface area contributed by atoms with Crippen molar-refractivity contribution in [2.75, 3.05) is 6.61 Å². The lowest BCUT2D eigenvalue weighted by atomic mass is 9.87. The predicted molar refractivity (Wildman–Crippen MR) is 73.1 cm³/mol. The van der Waals surface area contributed by atoms with E-state index >= 15 is 0 Å². The molecule has 0 heterocycles. The predicted octanol–water partition coefficient (Wildman–Crippen LogP) is 2.38. The second kappa shape index (κ2) is 5.88. The van der Waals surface area contributed by atoms with Crippen molar-refractivity contribution in [3.05, 3.63) is 34.4 Å². The standard InChI is InChI=1S/C14H17N3O3/c15-10-14(16)8-3-4-11(14)7-9-20-13-6-2-1-5-12(13)17(18)19/h1-2,5-6,11H,3-4,7-9,16H2. The molecule has 0 aromatic heterocycles. The van der Waals surface area contributed by atoms with Gasteiger partial charge >= 0.3 is 5.69 Å². The zero-order valence-electron chi connectivity index (χ0n) is 11.1. The molecule has 1 aliphatic carbocycles. The zero-order valence-corrected chi connectivity index (χ0v) is 11.1. The van der Waals surface area contributed by atoms with E-state index in [0.717, 1.165) is 12.8 Å². The fourth-order valence-corrected chi connectivity index (χ4v) is 2.69. The van der Waals surface area contributed by atoms with E-state index in [9.17, 15) is 10.1 Å². The number of rotatable bonds is 5. The minimum Gasteiger partial charge on any atom is -0.487 e. The van der Waals surface area contributed by atoms with Crippen molar-refractivity contribution in [2.45, 2.75) is 31.2 Å². The number of hydrogen-bond donors (Lipinski definition) is 1. The van der Waals surface area contributed by atoms with Crippen molar-refractivity contribution in [1.82, 2.24) is 0 Å². The van der Waals surface area contributed by atoms with Crippen LogP contribution in [0.15, 0.2) is 24.3 Å². The largest absolute Gasteiger partial charge is 0.487 e. The molecule has 2 N–H and O–H groups in total. The summed E-state index contributed by atoms with van der Waals surface area (Å²) in [7, 11) is 0. The maximum absolute atomic E-state index is 10.9. The molecule has 106 valence electrons. The Morgan fingerprint density at radius 1 is 1.55 bits per heavy atom. The van der Waals surface area contributed by atoms with Gasteiger partial charge in [-0.15, -0.1) is 0 Å². The number of hydrogen-bond acceptors (Lipinski definition) is 5. The van der Waals surface area contributed by atoms with Crippen molar-refractivity contribution in [3.8, 4) is 11.8 Å². The fraction of sp³-hybridized carbons (Fsp3) is 0.500. The van der Waals surface area contributed by atoms with E-state index in [1.807, 2.05) is 0 Å². The Labute approximate surface area is 117 Å². The third-order valence-electron chi connectivity index (χ3n) is 3.87. The van der Waals surface area contributed by atoms with Crippen LogP contribution in [0.25, 0.3) is 0 Å². The molecule has 6 heteroatoms. The second-order valence-electron chi connectivity index (χ2n) is 5.10. The zero-order chi connectivity index (χ0) is 14.6. The topological polar surface area (TPSA) is 102 Å². The van der Waals surface area contributed by atoms with Crippen LogP contribution in [0.3, 0.4) is 0 Å². The summed E-state index contributed by atoms with van der Waals surface area (Å²) in [4.78, 5) is 10.4. The molecule has 1 aromatic rings. The van der Waals surface area contributed by atoms with Gasteiger partial charge in [0.25, 0.3) is 0 Å². The van der Waals surface area contributed by atoms with E-state index in [0.29, 0.717) is 19.4 Å². The summed E-state index contributed by atoms with van der Waals surface area (Å²) in [6.07, 6.45) is 3.19. The summed E-state index contributed by atoms with van der Waals surface area (Å²) >= 11 is 0. The monoisotopic (exact) mass is 275 g/mol. The van der Waals surface area contributed by atoms with Crippen LogP contribution in [0.5, 0.6) is 5.75 Å². The number of para-hydroxylation sites is 2. The molecule has 20 heavy (non-hydrogen) atoms. The van der Waals surface area contributed by atoms with Crippen LogP contribution in [0.2, 0.25) is 0 Å². The van der Waals surface area contributed by atoms with Crippen molar-refractivity contribution in [3.63, 3.8) is 0 Å². The molecular weight excluding hydrogens is 258 g/mol. The van der Waals surface area contributed by atoms with Crippen LogP contribution in [-0.2, 0) is 0 Å². The van der Waals surface area contributed by atoms with Crippen molar-refractivity contribution in [2.24, 2.45) is 11.7 Å².